The zero-order valence-electron chi connectivity index (χ0n) is 10.00. The van der Waals surface area contributed by atoms with E-state index in [2.05, 4.69) is 6.92 Å². The van der Waals surface area contributed by atoms with Gasteiger partial charge in [-0.2, -0.15) is 0 Å². The molecule has 0 radical (unpaired) electrons. The van der Waals surface area contributed by atoms with Crippen molar-refractivity contribution in [1.29, 1.82) is 0 Å². The van der Waals surface area contributed by atoms with Crippen LogP contribution in [0.2, 0.25) is 0 Å². The van der Waals surface area contributed by atoms with Crippen LogP contribution in [0.1, 0.15) is 29.9 Å². The molecule has 5 nitrogen and oxygen atoms in total. The largest absolute Gasteiger partial charge is 0.433 e. The first-order valence-corrected chi connectivity index (χ1v) is 5.70. The minimum Gasteiger partial charge on any atom is -0.404 e. The second-order valence-electron chi connectivity index (χ2n) is 4.01. The van der Waals surface area contributed by atoms with Crippen LogP contribution < -0.4 is 5.73 Å². The highest BCUT2D eigenvalue weighted by Gasteiger charge is 2.17. The summed E-state index contributed by atoms with van der Waals surface area (Å²) in [5.74, 6) is 0.108. The molecule has 0 fully saturated rings. The molecule has 0 spiro atoms. The molecule has 0 amide bonds. The molecule has 1 heterocycles. The lowest BCUT2D eigenvalue weighted by Crippen LogP contribution is -2.10. The number of nitrogens with two attached hydrogens (primary N) is 1. The van der Waals surface area contributed by atoms with E-state index < -0.39 is 11.0 Å². The van der Waals surface area contributed by atoms with E-state index in [9.17, 15) is 10.1 Å². The fourth-order valence-electron chi connectivity index (χ4n) is 1.73. The molecule has 1 atom stereocenters. The minimum absolute atomic E-state index is 0.286. The summed E-state index contributed by atoms with van der Waals surface area (Å²) in [6, 6.07) is 10.2. The monoisotopic (exact) mass is 246 g/mol. The van der Waals surface area contributed by atoms with Gasteiger partial charge in [-0.05, 0) is 23.6 Å². The Hall–Kier alpha value is -2.14. The normalized spacial score (nSPS) is 12.3. The zero-order chi connectivity index (χ0) is 13.1. The first kappa shape index (κ1) is 12.3. The van der Waals surface area contributed by atoms with Gasteiger partial charge >= 0.3 is 5.88 Å². The predicted molar refractivity (Wildman–Crippen MR) is 67.2 cm³/mol. The fourth-order valence-corrected chi connectivity index (χ4v) is 1.73. The molecule has 2 aromatic rings. The molecule has 2 N–H and O–H groups in total. The van der Waals surface area contributed by atoms with E-state index >= 15 is 0 Å². The van der Waals surface area contributed by atoms with Crippen LogP contribution in [-0.2, 0) is 6.42 Å². The quantitative estimate of drug-likeness (QED) is 0.664. The van der Waals surface area contributed by atoms with E-state index in [0.717, 1.165) is 12.0 Å². The average molecular weight is 246 g/mol. The van der Waals surface area contributed by atoms with Gasteiger partial charge in [-0.1, -0.05) is 31.2 Å². The lowest BCUT2D eigenvalue weighted by atomic mass is 10.0. The standard InChI is InChI=1S/C13H14N2O3/c1-2-9-3-5-10(6-4-9)13(14)11-7-8-12(18-11)15(16)17/h3-8,13H,2,14H2,1H3. The van der Waals surface area contributed by atoms with Crippen molar-refractivity contribution in [3.05, 3.63) is 63.4 Å². The number of hydrogen-bond acceptors (Lipinski definition) is 4. The number of rotatable bonds is 4. The van der Waals surface area contributed by atoms with Gasteiger partial charge < -0.3 is 10.2 Å². The van der Waals surface area contributed by atoms with Gasteiger partial charge in [0.05, 0.1) is 12.1 Å². The molecule has 0 aliphatic carbocycles. The summed E-state index contributed by atoms with van der Waals surface area (Å²) >= 11 is 0. The van der Waals surface area contributed by atoms with E-state index in [1.54, 1.807) is 0 Å². The summed E-state index contributed by atoms with van der Waals surface area (Å²) in [6.07, 6.45) is 0.960. The third kappa shape index (κ3) is 2.41. The van der Waals surface area contributed by atoms with Gasteiger partial charge in [0.15, 0.2) is 0 Å². The Bertz CT molecular complexity index is 546. The maximum atomic E-state index is 10.5. The number of aryl methyl sites for hydroxylation is 1. The Morgan fingerprint density at radius 3 is 2.44 bits per heavy atom. The summed E-state index contributed by atoms with van der Waals surface area (Å²) in [7, 11) is 0. The van der Waals surface area contributed by atoms with Crippen molar-refractivity contribution < 1.29 is 9.34 Å². The van der Waals surface area contributed by atoms with Gasteiger partial charge in [-0.15, -0.1) is 0 Å². The van der Waals surface area contributed by atoms with Crippen LogP contribution in [-0.4, -0.2) is 4.92 Å². The summed E-state index contributed by atoms with van der Waals surface area (Å²) in [5, 5.41) is 10.5. The molecule has 1 aromatic carbocycles. The SMILES string of the molecule is CCc1ccc(C(N)c2ccc([N+](=O)[O-])o2)cc1. The molecular formula is C13H14N2O3. The average Bonchev–Trinajstić information content (AvgIpc) is 2.88. The van der Waals surface area contributed by atoms with Gasteiger partial charge in [-0.3, -0.25) is 10.1 Å². The molecule has 0 bridgehead atoms. The summed E-state index contributed by atoms with van der Waals surface area (Å²) in [6.45, 7) is 2.07. The highest BCUT2D eigenvalue weighted by Crippen LogP contribution is 2.25. The van der Waals surface area contributed by atoms with Gasteiger partial charge in [0.1, 0.15) is 10.7 Å². The smallest absolute Gasteiger partial charge is 0.404 e. The van der Waals surface area contributed by atoms with Crippen LogP contribution in [0.25, 0.3) is 0 Å². The van der Waals surface area contributed by atoms with Crippen molar-refractivity contribution in [2.24, 2.45) is 5.73 Å². The third-order valence-corrected chi connectivity index (χ3v) is 2.85. The number of furan rings is 1. The second-order valence-corrected chi connectivity index (χ2v) is 4.01. The van der Waals surface area contributed by atoms with Crippen molar-refractivity contribution in [2.45, 2.75) is 19.4 Å². The van der Waals surface area contributed by atoms with Crippen LogP contribution >= 0.6 is 0 Å². The van der Waals surface area contributed by atoms with Gasteiger partial charge in [0.2, 0.25) is 0 Å². The summed E-state index contributed by atoms with van der Waals surface area (Å²) in [5.41, 5.74) is 8.10. The Kier molecular flexibility index (Phi) is 3.43. The summed E-state index contributed by atoms with van der Waals surface area (Å²) < 4.78 is 5.09. The number of benzene rings is 1. The number of nitrogens with zero attached hydrogens (tertiary/aromatic N) is 1. The van der Waals surface area contributed by atoms with Crippen molar-refractivity contribution in [1.82, 2.24) is 0 Å². The molecular weight excluding hydrogens is 232 g/mol. The highest BCUT2D eigenvalue weighted by molar-refractivity contribution is 5.31. The van der Waals surface area contributed by atoms with Crippen LogP contribution in [0.15, 0.2) is 40.8 Å². The Balaban J connectivity index is 2.23. The van der Waals surface area contributed by atoms with Crippen LogP contribution in [0.4, 0.5) is 5.88 Å². The lowest BCUT2D eigenvalue weighted by molar-refractivity contribution is -0.402. The second kappa shape index (κ2) is 5.01. The topological polar surface area (TPSA) is 82.3 Å². The van der Waals surface area contributed by atoms with E-state index in [-0.39, 0.29) is 5.88 Å². The first-order valence-electron chi connectivity index (χ1n) is 5.70. The van der Waals surface area contributed by atoms with Crippen molar-refractivity contribution in [3.8, 4) is 0 Å². The lowest BCUT2D eigenvalue weighted by Gasteiger charge is -2.09. The maximum absolute atomic E-state index is 10.5. The maximum Gasteiger partial charge on any atom is 0.433 e. The van der Waals surface area contributed by atoms with Crippen molar-refractivity contribution in [2.75, 3.05) is 0 Å². The highest BCUT2D eigenvalue weighted by atomic mass is 16.6. The zero-order valence-corrected chi connectivity index (χ0v) is 10.00. The fraction of sp³-hybridized carbons (Fsp3) is 0.231. The molecule has 0 saturated heterocycles. The molecule has 5 heteroatoms. The Morgan fingerprint density at radius 2 is 1.94 bits per heavy atom. The first-order chi connectivity index (χ1) is 8.61. The Morgan fingerprint density at radius 1 is 1.28 bits per heavy atom. The van der Waals surface area contributed by atoms with Crippen LogP contribution in [0.5, 0.6) is 0 Å². The molecule has 0 aliphatic heterocycles. The van der Waals surface area contributed by atoms with Gasteiger partial charge in [0.25, 0.3) is 0 Å². The van der Waals surface area contributed by atoms with E-state index in [1.165, 1.54) is 17.7 Å². The van der Waals surface area contributed by atoms with E-state index in [0.29, 0.717) is 5.76 Å². The predicted octanol–water partition coefficient (Wildman–Crippen LogP) is 2.80. The molecule has 18 heavy (non-hydrogen) atoms. The van der Waals surface area contributed by atoms with Gasteiger partial charge in [-0.25, -0.2) is 0 Å². The van der Waals surface area contributed by atoms with E-state index in [4.69, 9.17) is 10.2 Å². The molecule has 0 saturated carbocycles. The molecule has 1 aromatic heterocycles. The number of hydrogen-bond donors (Lipinski definition) is 1. The molecule has 0 aliphatic rings. The Labute approximate surface area is 104 Å². The molecule has 94 valence electrons. The summed E-state index contributed by atoms with van der Waals surface area (Å²) in [4.78, 5) is 9.95. The van der Waals surface area contributed by atoms with Gasteiger partial charge in [0, 0.05) is 0 Å². The number of nitro groups is 1. The molecule has 2 rings (SSSR count). The minimum atomic E-state index is -0.573. The van der Waals surface area contributed by atoms with E-state index in [1.807, 2.05) is 24.3 Å². The van der Waals surface area contributed by atoms with Crippen LogP contribution in [0, 0.1) is 10.1 Å². The molecule has 1 unspecified atom stereocenters. The third-order valence-electron chi connectivity index (χ3n) is 2.85. The van der Waals surface area contributed by atoms with Crippen LogP contribution in [0.3, 0.4) is 0 Å². The van der Waals surface area contributed by atoms with Crippen molar-refractivity contribution in [3.63, 3.8) is 0 Å². The van der Waals surface area contributed by atoms with Crippen molar-refractivity contribution >= 4 is 5.88 Å².